The van der Waals surface area contributed by atoms with E-state index in [1.54, 1.807) is 0 Å². The molecule has 2 fully saturated rings. The number of ether oxygens (including phenoxy) is 1. The average Bonchev–Trinajstić information content (AvgIpc) is 3.18. The molecule has 0 amide bonds. The Morgan fingerprint density at radius 3 is 2.68 bits per heavy atom. The number of morpholine rings is 1. The Hall–Kier alpha value is -1.48. The van der Waals surface area contributed by atoms with Crippen LogP contribution in [0.25, 0.3) is 11.2 Å². The Bertz CT molecular complexity index is 759. The molecule has 2 aromatic heterocycles. The summed E-state index contributed by atoms with van der Waals surface area (Å²) in [5.74, 6) is 1.81. The lowest BCUT2D eigenvalue weighted by Crippen LogP contribution is -2.37. The molecule has 2 saturated heterocycles. The maximum atomic E-state index is 6.22. The topological polar surface area (TPSA) is 85.3 Å². The van der Waals surface area contributed by atoms with Gasteiger partial charge in [0.1, 0.15) is 5.82 Å². The minimum Gasteiger partial charge on any atom is -0.378 e. The van der Waals surface area contributed by atoms with E-state index in [0.29, 0.717) is 13.2 Å². The van der Waals surface area contributed by atoms with Gasteiger partial charge in [0.25, 0.3) is 0 Å². The predicted molar refractivity (Wildman–Crippen MR) is 96.9 cm³/mol. The third kappa shape index (κ3) is 3.31. The largest absolute Gasteiger partial charge is 0.378 e. The molecule has 2 aliphatic rings. The average molecular weight is 366 g/mol. The van der Waals surface area contributed by atoms with E-state index in [-0.39, 0.29) is 11.3 Å². The van der Waals surface area contributed by atoms with Crippen LogP contribution in [-0.2, 0) is 17.8 Å². The number of imidazole rings is 1. The van der Waals surface area contributed by atoms with E-state index in [4.69, 9.17) is 27.1 Å². The Morgan fingerprint density at radius 2 is 2.00 bits per heavy atom. The standard InChI is InChI=1S/C16H24ClN7O/c1-2-24-12(10-22-4-3-11(18)9-22)19-13-14(20-16(17)21-15(13)24)23-5-7-25-8-6-23/h11H,2-10,18H2,1H3/t11-/m0/s1. The zero-order chi connectivity index (χ0) is 17.4. The Kier molecular flexibility index (Phi) is 4.77. The van der Waals surface area contributed by atoms with Crippen molar-refractivity contribution in [2.75, 3.05) is 44.3 Å². The molecule has 2 aromatic rings. The molecule has 9 heteroatoms. The van der Waals surface area contributed by atoms with E-state index in [0.717, 1.165) is 68.5 Å². The van der Waals surface area contributed by atoms with E-state index in [2.05, 4.69) is 31.3 Å². The Balaban J connectivity index is 1.74. The van der Waals surface area contributed by atoms with Gasteiger partial charge < -0.3 is 19.9 Å². The van der Waals surface area contributed by atoms with Crippen LogP contribution in [-0.4, -0.2) is 69.9 Å². The molecule has 136 valence electrons. The summed E-state index contributed by atoms with van der Waals surface area (Å²) >= 11 is 6.22. The first-order valence-electron chi connectivity index (χ1n) is 8.89. The highest BCUT2D eigenvalue weighted by molar-refractivity contribution is 6.28. The molecule has 0 bridgehead atoms. The van der Waals surface area contributed by atoms with Gasteiger partial charge in [0.05, 0.1) is 19.8 Å². The lowest BCUT2D eigenvalue weighted by molar-refractivity contribution is 0.122. The van der Waals surface area contributed by atoms with Gasteiger partial charge in [-0.3, -0.25) is 4.90 Å². The number of likely N-dealkylation sites (tertiary alicyclic amines) is 1. The van der Waals surface area contributed by atoms with Crippen LogP contribution in [0, 0.1) is 0 Å². The van der Waals surface area contributed by atoms with Crippen LogP contribution in [0.15, 0.2) is 0 Å². The third-order valence-electron chi connectivity index (χ3n) is 4.93. The van der Waals surface area contributed by atoms with Gasteiger partial charge in [-0.15, -0.1) is 0 Å². The molecule has 0 radical (unpaired) electrons. The number of hydrogen-bond acceptors (Lipinski definition) is 7. The Morgan fingerprint density at radius 1 is 1.20 bits per heavy atom. The third-order valence-corrected chi connectivity index (χ3v) is 5.10. The smallest absolute Gasteiger partial charge is 0.226 e. The molecular weight excluding hydrogens is 342 g/mol. The first-order valence-corrected chi connectivity index (χ1v) is 9.26. The predicted octanol–water partition coefficient (Wildman–Crippen LogP) is 0.869. The summed E-state index contributed by atoms with van der Waals surface area (Å²) in [6.07, 6.45) is 1.04. The normalized spacial score (nSPS) is 22.2. The molecule has 8 nitrogen and oxygen atoms in total. The van der Waals surface area contributed by atoms with Gasteiger partial charge in [-0.1, -0.05) is 0 Å². The maximum absolute atomic E-state index is 6.22. The van der Waals surface area contributed by atoms with Crippen molar-refractivity contribution < 1.29 is 4.74 Å². The SMILES string of the molecule is CCn1c(CN2CC[C@H](N)C2)nc2c(N3CCOCC3)nc(Cl)nc21. The number of fused-ring (bicyclic) bond motifs is 1. The molecule has 4 rings (SSSR count). The van der Waals surface area contributed by atoms with Gasteiger partial charge in [-0.05, 0) is 24.9 Å². The summed E-state index contributed by atoms with van der Waals surface area (Å²) in [5.41, 5.74) is 7.67. The molecule has 0 unspecified atom stereocenters. The van der Waals surface area contributed by atoms with Crippen LogP contribution in [0.5, 0.6) is 0 Å². The lowest BCUT2D eigenvalue weighted by atomic mass is 10.3. The fraction of sp³-hybridized carbons (Fsp3) is 0.688. The zero-order valence-electron chi connectivity index (χ0n) is 14.5. The molecule has 25 heavy (non-hydrogen) atoms. The maximum Gasteiger partial charge on any atom is 0.226 e. The van der Waals surface area contributed by atoms with Gasteiger partial charge >= 0.3 is 0 Å². The van der Waals surface area contributed by atoms with Gasteiger partial charge in [0.2, 0.25) is 5.28 Å². The minimum atomic E-state index is 0.262. The van der Waals surface area contributed by atoms with E-state index in [9.17, 15) is 0 Å². The van der Waals surface area contributed by atoms with Crippen molar-refractivity contribution in [3.8, 4) is 0 Å². The molecule has 0 spiro atoms. The summed E-state index contributed by atoms with van der Waals surface area (Å²) in [4.78, 5) is 18.4. The van der Waals surface area contributed by atoms with Crippen molar-refractivity contribution in [1.82, 2.24) is 24.4 Å². The molecule has 4 heterocycles. The second kappa shape index (κ2) is 7.03. The highest BCUT2D eigenvalue weighted by atomic mass is 35.5. The quantitative estimate of drug-likeness (QED) is 0.804. The summed E-state index contributed by atoms with van der Waals surface area (Å²) in [7, 11) is 0. The second-order valence-corrected chi connectivity index (χ2v) is 6.98. The minimum absolute atomic E-state index is 0.262. The van der Waals surface area contributed by atoms with Crippen molar-refractivity contribution in [3.63, 3.8) is 0 Å². The van der Waals surface area contributed by atoms with Crippen molar-refractivity contribution in [2.24, 2.45) is 5.73 Å². The fourth-order valence-electron chi connectivity index (χ4n) is 3.66. The zero-order valence-corrected chi connectivity index (χ0v) is 15.2. The van der Waals surface area contributed by atoms with Crippen LogP contribution in [0.1, 0.15) is 19.2 Å². The van der Waals surface area contributed by atoms with Crippen molar-refractivity contribution in [2.45, 2.75) is 32.5 Å². The first-order chi connectivity index (χ1) is 12.2. The second-order valence-electron chi connectivity index (χ2n) is 6.64. The lowest BCUT2D eigenvalue weighted by Gasteiger charge is -2.27. The number of nitrogens with two attached hydrogens (primary N) is 1. The Labute approximate surface area is 151 Å². The summed E-state index contributed by atoms with van der Waals surface area (Å²) in [6.45, 7) is 8.55. The summed E-state index contributed by atoms with van der Waals surface area (Å²) < 4.78 is 7.59. The highest BCUT2D eigenvalue weighted by Crippen LogP contribution is 2.27. The molecular formula is C16H24ClN7O. The molecule has 0 aliphatic carbocycles. The number of halogens is 1. The van der Waals surface area contributed by atoms with E-state index < -0.39 is 0 Å². The molecule has 1 atom stereocenters. The van der Waals surface area contributed by atoms with Gasteiger partial charge in [-0.2, -0.15) is 9.97 Å². The number of nitrogens with zero attached hydrogens (tertiary/aromatic N) is 6. The number of anilines is 1. The number of aromatic nitrogens is 4. The van der Waals surface area contributed by atoms with E-state index in [1.807, 2.05) is 0 Å². The van der Waals surface area contributed by atoms with Gasteiger partial charge in [0.15, 0.2) is 17.0 Å². The van der Waals surface area contributed by atoms with Crippen LogP contribution >= 0.6 is 11.6 Å². The number of hydrogen-bond donors (Lipinski definition) is 1. The highest BCUT2D eigenvalue weighted by Gasteiger charge is 2.25. The van der Waals surface area contributed by atoms with Gasteiger partial charge in [-0.25, -0.2) is 4.98 Å². The van der Waals surface area contributed by atoms with Crippen LogP contribution in [0.2, 0.25) is 5.28 Å². The molecule has 0 saturated carbocycles. The number of rotatable bonds is 4. The molecule has 0 aromatic carbocycles. The van der Waals surface area contributed by atoms with Crippen LogP contribution < -0.4 is 10.6 Å². The summed E-state index contributed by atoms with van der Waals surface area (Å²) in [6, 6.07) is 0.262. The van der Waals surface area contributed by atoms with Crippen LogP contribution in [0.4, 0.5) is 5.82 Å². The molecule has 2 N–H and O–H groups in total. The first kappa shape index (κ1) is 17.0. The van der Waals surface area contributed by atoms with Crippen molar-refractivity contribution in [1.29, 1.82) is 0 Å². The van der Waals surface area contributed by atoms with Crippen molar-refractivity contribution >= 4 is 28.6 Å². The van der Waals surface area contributed by atoms with Crippen LogP contribution in [0.3, 0.4) is 0 Å². The summed E-state index contributed by atoms with van der Waals surface area (Å²) in [5, 5.41) is 0.262. The van der Waals surface area contributed by atoms with E-state index in [1.165, 1.54) is 0 Å². The van der Waals surface area contributed by atoms with Crippen molar-refractivity contribution in [3.05, 3.63) is 11.1 Å². The van der Waals surface area contributed by atoms with Gasteiger partial charge in [0, 0.05) is 38.8 Å². The molecule has 2 aliphatic heterocycles. The fourth-order valence-corrected chi connectivity index (χ4v) is 3.82. The monoisotopic (exact) mass is 365 g/mol. The van der Waals surface area contributed by atoms with E-state index >= 15 is 0 Å². The number of aryl methyl sites for hydroxylation is 1.